The first kappa shape index (κ1) is 54.1. The predicted molar refractivity (Wildman–Crippen MR) is 242 cm³/mol. The van der Waals surface area contributed by atoms with E-state index in [-0.39, 0.29) is 40.9 Å². The van der Waals surface area contributed by atoms with Gasteiger partial charge in [-0.1, -0.05) is 64.8 Å². The molecule has 3 heterocycles. The van der Waals surface area contributed by atoms with E-state index in [2.05, 4.69) is 47.6 Å². The Morgan fingerprint density at radius 2 is 1.34 bits per heavy atom. The van der Waals surface area contributed by atoms with Crippen molar-refractivity contribution in [1.82, 2.24) is 0 Å². The van der Waals surface area contributed by atoms with Gasteiger partial charge in [0, 0.05) is 18.8 Å². The first-order valence-corrected chi connectivity index (χ1v) is 24.9. The van der Waals surface area contributed by atoms with E-state index in [1.54, 1.807) is 6.92 Å². The number of hydrogen-bond donors (Lipinski definition) is 10. The van der Waals surface area contributed by atoms with Crippen molar-refractivity contribution in [3.05, 3.63) is 23.3 Å². The number of carbonyl (C=O) groups excluding carboxylic acids is 1. The fourth-order valence-corrected chi connectivity index (χ4v) is 14.4. The van der Waals surface area contributed by atoms with E-state index in [4.69, 9.17) is 33.2 Å². The molecule has 0 aromatic heterocycles. The van der Waals surface area contributed by atoms with Crippen molar-refractivity contribution in [2.45, 2.75) is 225 Å². The molecule has 390 valence electrons. The van der Waals surface area contributed by atoms with Gasteiger partial charge in [0.25, 0.3) is 0 Å². The molecule has 7 aliphatic rings. The third-order valence-electron chi connectivity index (χ3n) is 18.4. The maximum absolute atomic E-state index is 12.3. The molecule has 0 bridgehead atoms. The molecule has 3 saturated carbocycles. The number of rotatable bonds is 13. The van der Waals surface area contributed by atoms with Crippen LogP contribution in [0, 0.1) is 45.3 Å². The molecule has 10 N–H and O–H groups in total. The number of hydrogen-bond acceptors (Lipinski definition) is 18. The van der Waals surface area contributed by atoms with Crippen LogP contribution >= 0.6 is 0 Å². The minimum atomic E-state index is -1.68. The summed E-state index contributed by atoms with van der Waals surface area (Å²) in [5.74, 6) is -0.494. The Balaban J connectivity index is 1.20. The summed E-state index contributed by atoms with van der Waals surface area (Å²) in [5.41, 5.74) is 0.646. The number of carbonyl (C=O) groups is 1. The molecule has 0 aromatic carbocycles. The Hall–Kier alpha value is -1.69. The number of aliphatic hydroxyl groups excluding tert-OH is 10. The van der Waals surface area contributed by atoms with Gasteiger partial charge in [0.05, 0.1) is 37.6 Å². The number of ether oxygens (including phenoxy) is 7. The fraction of sp³-hybridized carbons (Fsp3) is 0.900. The monoisotopic (exact) mass is 971 g/mol. The molecule has 68 heavy (non-hydrogen) atoms. The molecule has 3 aliphatic heterocycles. The molecule has 25 atom stereocenters. The van der Waals surface area contributed by atoms with E-state index >= 15 is 0 Å². The molecular formula is C50H82O18. The third kappa shape index (κ3) is 9.32. The highest BCUT2D eigenvalue weighted by molar-refractivity contribution is 5.66. The molecule has 0 spiro atoms. The SMILES string of the molecule is CC(=O)OC1C(OC2CC(OC3OC(CO)C(O)C(O)C3O)C3(C)C4CCC5(C)C(C(C)CC(C=C(C)C)OC6OC(C)C(O)C(O)C6O)CCC5(C)C4=CCC3C2(C)C)OC(CO)C(O)C1O. The number of aliphatic hydroxyl groups is 10. The molecule has 18 heteroatoms. The van der Waals surface area contributed by atoms with E-state index < -0.39 is 140 Å². The highest BCUT2D eigenvalue weighted by Gasteiger charge is 2.69. The van der Waals surface area contributed by atoms with Crippen molar-refractivity contribution in [2.24, 2.45) is 45.3 Å². The van der Waals surface area contributed by atoms with Crippen molar-refractivity contribution in [1.29, 1.82) is 0 Å². The van der Waals surface area contributed by atoms with Crippen LogP contribution in [0.15, 0.2) is 23.3 Å². The normalized spacial score (nSPS) is 49.9. The average molecular weight is 971 g/mol. The van der Waals surface area contributed by atoms with Gasteiger partial charge in [-0.15, -0.1) is 0 Å². The van der Waals surface area contributed by atoms with E-state index in [1.165, 1.54) is 12.5 Å². The predicted octanol–water partition coefficient (Wildman–Crippen LogP) is 1.35. The van der Waals surface area contributed by atoms with Crippen molar-refractivity contribution in [3.8, 4) is 0 Å². The second kappa shape index (κ2) is 20.3. The van der Waals surface area contributed by atoms with Crippen molar-refractivity contribution in [2.75, 3.05) is 13.2 Å². The first-order chi connectivity index (χ1) is 31.8. The van der Waals surface area contributed by atoms with Gasteiger partial charge in [0.15, 0.2) is 25.0 Å². The summed E-state index contributed by atoms with van der Waals surface area (Å²) in [6.07, 6.45) is -13.4. The van der Waals surface area contributed by atoms with Gasteiger partial charge in [0.1, 0.15) is 61.0 Å². The summed E-state index contributed by atoms with van der Waals surface area (Å²) in [6, 6.07) is 0. The molecule has 25 unspecified atom stereocenters. The van der Waals surface area contributed by atoms with Gasteiger partial charge in [0.2, 0.25) is 0 Å². The molecule has 0 aromatic rings. The van der Waals surface area contributed by atoms with Crippen LogP contribution in [0.2, 0.25) is 0 Å². The molecule has 7 rings (SSSR count). The Morgan fingerprint density at radius 3 is 1.96 bits per heavy atom. The molecule has 4 aliphatic carbocycles. The zero-order valence-corrected chi connectivity index (χ0v) is 41.5. The van der Waals surface area contributed by atoms with Gasteiger partial charge in [-0.3, -0.25) is 4.79 Å². The van der Waals surface area contributed by atoms with E-state index in [9.17, 15) is 55.9 Å². The Kier molecular flexibility index (Phi) is 16.2. The van der Waals surface area contributed by atoms with Crippen LogP contribution in [0.1, 0.15) is 114 Å². The minimum absolute atomic E-state index is 0.0329. The van der Waals surface area contributed by atoms with Crippen LogP contribution < -0.4 is 0 Å². The molecular weight excluding hydrogens is 889 g/mol. The average Bonchev–Trinajstić information content (AvgIpc) is 3.56. The van der Waals surface area contributed by atoms with Crippen LogP contribution in [-0.4, -0.2) is 181 Å². The lowest BCUT2D eigenvalue weighted by atomic mass is 9.40. The fourth-order valence-electron chi connectivity index (χ4n) is 14.4. The second-order valence-corrected chi connectivity index (χ2v) is 22.9. The quantitative estimate of drug-likeness (QED) is 0.0921. The van der Waals surface area contributed by atoms with Crippen molar-refractivity contribution < 1.29 is 89.0 Å². The maximum atomic E-state index is 12.3. The number of fused-ring (bicyclic) bond motifs is 5. The van der Waals surface area contributed by atoms with Crippen LogP contribution in [0.3, 0.4) is 0 Å². The molecule has 6 fully saturated rings. The summed E-state index contributed by atoms with van der Waals surface area (Å²) < 4.78 is 43.4. The van der Waals surface area contributed by atoms with Crippen LogP contribution in [-0.2, 0) is 38.0 Å². The van der Waals surface area contributed by atoms with Crippen LogP contribution in [0.25, 0.3) is 0 Å². The van der Waals surface area contributed by atoms with Gasteiger partial charge < -0.3 is 84.2 Å². The molecule has 0 amide bonds. The largest absolute Gasteiger partial charge is 0.454 e. The van der Waals surface area contributed by atoms with Crippen molar-refractivity contribution in [3.63, 3.8) is 0 Å². The highest BCUT2D eigenvalue weighted by atomic mass is 16.7. The minimum Gasteiger partial charge on any atom is -0.454 e. The molecule has 18 nitrogen and oxygen atoms in total. The standard InChI is InChI=1S/C50H82O18/c1-22(2)17-26(64-44-41(60)38(57)35(54)24(4)62-44)18-23(3)27-13-15-49(9)28-11-12-32-47(6,7)33(67-46-43(63-25(5)53)40(59)37(56)31(21-52)66-46)19-34(50(32,10)29(28)14-16-48(27,49)8)68-45-42(61)39(58)36(55)30(20-51)65-45/h11,17,23-24,26-27,29-46,51-52,54-61H,12-16,18-21H2,1-10H3. The maximum Gasteiger partial charge on any atom is 0.303 e. The lowest BCUT2D eigenvalue weighted by Crippen LogP contribution is -2.67. The second-order valence-electron chi connectivity index (χ2n) is 22.9. The molecule has 0 radical (unpaired) electrons. The Labute approximate surface area is 400 Å². The third-order valence-corrected chi connectivity index (χ3v) is 18.4. The smallest absolute Gasteiger partial charge is 0.303 e. The lowest BCUT2D eigenvalue weighted by Gasteiger charge is -2.67. The van der Waals surface area contributed by atoms with Gasteiger partial charge in [-0.25, -0.2) is 0 Å². The Bertz CT molecular complexity index is 1820. The lowest BCUT2D eigenvalue weighted by molar-refractivity contribution is -0.354. The van der Waals surface area contributed by atoms with E-state index in [0.717, 1.165) is 31.3 Å². The van der Waals surface area contributed by atoms with Crippen LogP contribution in [0.4, 0.5) is 0 Å². The van der Waals surface area contributed by atoms with Crippen LogP contribution in [0.5, 0.6) is 0 Å². The van der Waals surface area contributed by atoms with E-state index in [0.29, 0.717) is 12.8 Å². The topological polar surface area (TPSA) is 284 Å². The number of esters is 1. The summed E-state index contributed by atoms with van der Waals surface area (Å²) in [4.78, 5) is 12.3. The molecule has 3 saturated heterocycles. The van der Waals surface area contributed by atoms with Gasteiger partial charge >= 0.3 is 5.97 Å². The summed E-state index contributed by atoms with van der Waals surface area (Å²) in [5, 5.41) is 107. The summed E-state index contributed by atoms with van der Waals surface area (Å²) in [7, 11) is 0. The summed E-state index contributed by atoms with van der Waals surface area (Å²) >= 11 is 0. The zero-order valence-electron chi connectivity index (χ0n) is 41.5. The van der Waals surface area contributed by atoms with Gasteiger partial charge in [-0.05, 0) is 99.2 Å². The number of allylic oxidation sites excluding steroid dienone is 3. The van der Waals surface area contributed by atoms with Crippen molar-refractivity contribution >= 4 is 5.97 Å². The summed E-state index contributed by atoms with van der Waals surface area (Å²) in [6.45, 7) is 18.9. The van der Waals surface area contributed by atoms with E-state index in [1.807, 2.05) is 19.9 Å². The highest BCUT2D eigenvalue weighted by Crippen LogP contribution is 2.74. The first-order valence-electron chi connectivity index (χ1n) is 24.9. The van der Waals surface area contributed by atoms with Gasteiger partial charge in [-0.2, -0.15) is 0 Å². The Morgan fingerprint density at radius 1 is 0.750 bits per heavy atom. The zero-order chi connectivity index (χ0) is 50.2.